The van der Waals surface area contributed by atoms with Crippen LogP contribution < -0.4 is 11.1 Å². The largest absolute Gasteiger partial charge is 0.444 e. The van der Waals surface area contributed by atoms with E-state index < -0.39 is 29.9 Å². The SMILES string of the molecule is CC(C)(C)OC(=O)Nc1ccc(CN2C(=O)N(CCCO)[C@H](Cc3ccccc3)[C@@H]3OCO[C@H]3[C@H]2Cc2ccccc2)cc1C(=N)N. The lowest BCUT2D eigenvalue weighted by Crippen LogP contribution is -2.51. The molecule has 2 saturated heterocycles. The molecule has 47 heavy (non-hydrogen) atoms. The highest BCUT2D eigenvalue weighted by molar-refractivity contribution is 6.03. The number of aliphatic hydroxyl groups is 1. The molecule has 11 heteroatoms. The number of fused-ring (bicyclic) bond motifs is 1. The molecule has 3 aromatic rings. The summed E-state index contributed by atoms with van der Waals surface area (Å²) in [6.07, 6.45) is 0.0183. The van der Waals surface area contributed by atoms with Crippen LogP contribution in [0.15, 0.2) is 78.9 Å². The Hall–Kier alpha value is -4.45. The van der Waals surface area contributed by atoms with Crippen LogP contribution in [-0.4, -0.2) is 82.7 Å². The van der Waals surface area contributed by atoms with E-state index in [0.717, 1.165) is 16.7 Å². The van der Waals surface area contributed by atoms with Crippen LogP contribution in [0.2, 0.25) is 0 Å². The summed E-state index contributed by atoms with van der Waals surface area (Å²) in [5, 5.41) is 20.8. The van der Waals surface area contributed by atoms with Crippen molar-refractivity contribution in [3.63, 3.8) is 0 Å². The molecule has 11 nitrogen and oxygen atoms in total. The van der Waals surface area contributed by atoms with E-state index in [1.54, 1.807) is 39.0 Å². The second kappa shape index (κ2) is 15.0. The molecule has 2 fully saturated rings. The molecule has 0 spiro atoms. The number of hydrogen-bond acceptors (Lipinski definition) is 7. The average molecular weight is 644 g/mol. The normalized spacial score (nSPS) is 21.2. The number of nitrogens with two attached hydrogens (primary N) is 1. The number of anilines is 1. The number of nitrogens with one attached hydrogen (secondary N) is 2. The number of carbonyl (C=O) groups is 2. The summed E-state index contributed by atoms with van der Waals surface area (Å²) in [5.74, 6) is -0.235. The minimum absolute atomic E-state index is 0.0607. The summed E-state index contributed by atoms with van der Waals surface area (Å²) in [6.45, 7) is 5.88. The average Bonchev–Trinajstić information content (AvgIpc) is 3.50. The fourth-order valence-corrected chi connectivity index (χ4v) is 6.33. The molecule has 0 unspecified atom stereocenters. The summed E-state index contributed by atoms with van der Waals surface area (Å²) in [7, 11) is 0. The minimum atomic E-state index is -0.703. The molecule has 3 amide bonds. The fourth-order valence-electron chi connectivity index (χ4n) is 6.33. The standard InChI is InChI=1S/C36H45N5O6/c1-36(2,3)47-34(43)39-28-16-15-26(19-27(28)33(37)38)22-41-30(21-25-13-8-5-9-14-25)32-31(45-23-46-32)29(20-24-11-6-4-7-12-24)40(35(41)44)17-10-18-42/h4-9,11-16,19,29-32,42H,10,17-18,20-23H2,1-3H3,(H3,37,38)(H,39,43)/t29-,30-,31+,32+/m1/s1. The first kappa shape index (κ1) is 33.9. The number of nitrogen functional groups attached to an aromatic ring is 1. The Balaban J connectivity index is 1.54. The molecule has 250 valence electrons. The van der Waals surface area contributed by atoms with Crippen molar-refractivity contribution in [2.45, 2.75) is 76.5 Å². The smallest absolute Gasteiger partial charge is 0.412 e. The topological polar surface area (TPSA) is 150 Å². The van der Waals surface area contributed by atoms with E-state index in [2.05, 4.69) is 5.32 Å². The van der Waals surface area contributed by atoms with Crippen molar-refractivity contribution in [2.24, 2.45) is 5.73 Å². The Morgan fingerprint density at radius 3 is 2.04 bits per heavy atom. The summed E-state index contributed by atoms with van der Waals surface area (Å²) >= 11 is 0. The van der Waals surface area contributed by atoms with Crippen LogP contribution in [-0.2, 0) is 33.6 Å². The number of benzene rings is 3. The Labute approximate surface area is 276 Å². The van der Waals surface area contributed by atoms with Crippen LogP contribution in [0.5, 0.6) is 0 Å². The van der Waals surface area contributed by atoms with Crippen LogP contribution in [0.25, 0.3) is 0 Å². The monoisotopic (exact) mass is 643 g/mol. The van der Waals surface area contributed by atoms with E-state index in [1.165, 1.54) is 0 Å². The maximum atomic E-state index is 14.8. The molecular formula is C36H45N5O6. The number of ether oxygens (including phenoxy) is 3. The zero-order valence-electron chi connectivity index (χ0n) is 27.2. The number of aliphatic hydroxyl groups excluding tert-OH is 1. The number of carbonyl (C=O) groups excluding carboxylic acids is 2. The summed E-state index contributed by atoms with van der Waals surface area (Å²) < 4.78 is 18.0. The number of hydrogen-bond donors (Lipinski definition) is 4. The molecule has 0 aliphatic carbocycles. The highest BCUT2D eigenvalue weighted by Crippen LogP contribution is 2.35. The molecule has 3 aromatic carbocycles. The maximum absolute atomic E-state index is 14.8. The van der Waals surface area contributed by atoms with Gasteiger partial charge in [0.2, 0.25) is 0 Å². The number of urea groups is 1. The predicted molar refractivity (Wildman–Crippen MR) is 179 cm³/mol. The number of amides is 3. The highest BCUT2D eigenvalue weighted by Gasteiger charge is 2.51. The molecule has 2 aliphatic heterocycles. The molecule has 2 aliphatic rings. The molecule has 2 heterocycles. The highest BCUT2D eigenvalue weighted by atomic mass is 16.7. The molecule has 0 aromatic heterocycles. The van der Waals surface area contributed by atoms with Gasteiger partial charge in [-0.1, -0.05) is 66.7 Å². The van der Waals surface area contributed by atoms with Crippen molar-refractivity contribution >= 4 is 23.6 Å². The lowest BCUT2D eigenvalue weighted by Gasteiger charge is -2.36. The van der Waals surface area contributed by atoms with Crippen molar-refractivity contribution in [1.82, 2.24) is 9.80 Å². The fraction of sp³-hybridized carbons (Fsp3) is 0.417. The molecule has 4 atom stereocenters. The first-order valence-electron chi connectivity index (χ1n) is 16.0. The second-order valence-corrected chi connectivity index (χ2v) is 13.0. The summed E-state index contributed by atoms with van der Waals surface area (Å²) in [4.78, 5) is 31.0. The van der Waals surface area contributed by atoms with Crippen LogP contribution in [0.4, 0.5) is 15.3 Å². The van der Waals surface area contributed by atoms with Gasteiger partial charge in [-0.3, -0.25) is 10.7 Å². The Morgan fingerprint density at radius 2 is 1.51 bits per heavy atom. The molecule has 5 N–H and O–H groups in total. The summed E-state index contributed by atoms with van der Waals surface area (Å²) in [6, 6.07) is 24.3. The number of rotatable bonds is 11. The first-order chi connectivity index (χ1) is 22.5. The third-order valence-corrected chi connectivity index (χ3v) is 8.39. The zero-order valence-corrected chi connectivity index (χ0v) is 27.2. The van der Waals surface area contributed by atoms with Crippen molar-refractivity contribution in [3.8, 4) is 0 Å². The lowest BCUT2D eigenvalue weighted by atomic mass is 9.91. The summed E-state index contributed by atoms with van der Waals surface area (Å²) in [5.41, 5.74) is 8.76. The quantitative estimate of drug-likeness (QED) is 0.171. The van der Waals surface area contributed by atoms with Gasteiger partial charge in [0.05, 0.1) is 17.8 Å². The first-order valence-corrected chi connectivity index (χ1v) is 16.0. The van der Waals surface area contributed by atoms with E-state index in [1.807, 2.05) is 70.5 Å². The van der Waals surface area contributed by atoms with Gasteiger partial charge < -0.3 is 34.9 Å². The van der Waals surface area contributed by atoms with Gasteiger partial charge in [0.1, 0.15) is 30.4 Å². The van der Waals surface area contributed by atoms with Crippen LogP contribution in [0.1, 0.15) is 49.4 Å². The number of nitrogens with zero attached hydrogens (tertiary/aromatic N) is 2. The van der Waals surface area contributed by atoms with Gasteiger partial charge in [0.25, 0.3) is 0 Å². The van der Waals surface area contributed by atoms with Crippen LogP contribution in [0.3, 0.4) is 0 Å². The third kappa shape index (κ3) is 8.48. The van der Waals surface area contributed by atoms with Crippen molar-refractivity contribution in [2.75, 3.05) is 25.3 Å². The third-order valence-electron chi connectivity index (χ3n) is 8.39. The predicted octanol–water partition coefficient (Wildman–Crippen LogP) is 4.90. The van der Waals surface area contributed by atoms with E-state index in [4.69, 9.17) is 25.4 Å². The van der Waals surface area contributed by atoms with Gasteiger partial charge in [-0.2, -0.15) is 0 Å². The zero-order chi connectivity index (χ0) is 33.6. The van der Waals surface area contributed by atoms with Gasteiger partial charge >= 0.3 is 12.1 Å². The number of amidine groups is 1. The van der Waals surface area contributed by atoms with Gasteiger partial charge in [0, 0.05) is 25.3 Å². The van der Waals surface area contributed by atoms with Crippen LogP contribution >= 0.6 is 0 Å². The lowest BCUT2D eigenvalue weighted by molar-refractivity contribution is 0.00210. The molecular weight excluding hydrogens is 598 g/mol. The van der Waals surface area contributed by atoms with E-state index >= 15 is 0 Å². The molecule has 0 saturated carbocycles. The Kier molecular flexibility index (Phi) is 10.8. The Morgan fingerprint density at radius 1 is 0.936 bits per heavy atom. The second-order valence-electron chi connectivity index (χ2n) is 13.0. The van der Waals surface area contributed by atoms with E-state index in [9.17, 15) is 14.7 Å². The maximum Gasteiger partial charge on any atom is 0.412 e. The molecule has 0 bridgehead atoms. The van der Waals surface area contributed by atoms with Crippen molar-refractivity contribution < 1.29 is 28.9 Å². The van der Waals surface area contributed by atoms with Gasteiger partial charge in [0.15, 0.2) is 0 Å². The van der Waals surface area contributed by atoms with E-state index in [-0.39, 0.29) is 37.9 Å². The van der Waals surface area contributed by atoms with E-state index in [0.29, 0.717) is 37.1 Å². The van der Waals surface area contributed by atoms with Crippen molar-refractivity contribution in [1.29, 1.82) is 5.41 Å². The minimum Gasteiger partial charge on any atom is -0.444 e. The van der Waals surface area contributed by atoms with Gasteiger partial charge in [-0.05, 0) is 68.9 Å². The van der Waals surface area contributed by atoms with Gasteiger partial charge in [-0.25, -0.2) is 9.59 Å². The Bertz CT molecular complexity index is 1530. The van der Waals surface area contributed by atoms with Crippen LogP contribution in [0, 0.1) is 5.41 Å². The molecule has 5 rings (SSSR count). The van der Waals surface area contributed by atoms with Gasteiger partial charge in [-0.15, -0.1) is 0 Å². The van der Waals surface area contributed by atoms with Crippen molar-refractivity contribution in [3.05, 3.63) is 101 Å². The molecule has 0 radical (unpaired) electrons.